The van der Waals surface area contributed by atoms with Crippen molar-refractivity contribution in [2.24, 2.45) is 0 Å². The lowest BCUT2D eigenvalue weighted by molar-refractivity contribution is -0.177. The minimum atomic E-state index is -1.13. The van der Waals surface area contributed by atoms with Crippen molar-refractivity contribution in [2.75, 3.05) is 0 Å². The molecule has 2 aromatic rings. The highest BCUT2D eigenvalue weighted by Crippen LogP contribution is 2.19. The molecule has 0 unspecified atom stereocenters. The maximum Gasteiger partial charge on any atom is 0.534 e. The van der Waals surface area contributed by atoms with Crippen LogP contribution in [0.15, 0.2) is 34.7 Å². The molecular weight excluding hydrogens is 278 g/mol. The number of rotatable bonds is 3. The van der Waals surface area contributed by atoms with Gasteiger partial charge in [0.2, 0.25) is 0 Å². The van der Waals surface area contributed by atoms with Gasteiger partial charge in [-0.25, -0.2) is 4.79 Å². The summed E-state index contributed by atoms with van der Waals surface area (Å²) in [6.07, 6.45) is -1.05. The monoisotopic (exact) mass is 289 g/mol. The second-order valence-electron chi connectivity index (χ2n) is 4.46. The molecule has 3 rings (SSSR count). The Labute approximate surface area is 119 Å². The van der Waals surface area contributed by atoms with Crippen molar-refractivity contribution in [3.05, 3.63) is 36.1 Å². The van der Waals surface area contributed by atoms with Crippen LogP contribution in [0.4, 0.5) is 4.79 Å². The third-order valence-electron chi connectivity index (χ3n) is 2.98. The maximum absolute atomic E-state index is 11.4. The largest absolute Gasteiger partial charge is 0.534 e. The average molecular weight is 289 g/mol. The lowest BCUT2D eigenvalue weighted by Crippen LogP contribution is -2.32. The van der Waals surface area contributed by atoms with Gasteiger partial charge in [-0.05, 0) is 12.1 Å². The van der Waals surface area contributed by atoms with E-state index in [0.717, 1.165) is 5.39 Å². The first-order valence-electron chi connectivity index (χ1n) is 6.31. The van der Waals surface area contributed by atoms with Gasteiger partial charge < -0.3 is 9.15 Å². The molecule has 1 aliphatic rings. The molecule has 1 aromatic carbocycles. The van der Waals surface area contributed by atoms with Gasteiger partial charge in [-0.3, -0.25) is 14.4 Å². The van der Waals surface area contributed by atoms with E-state index in [2.05, 4.69) is 4.84 Å². The zero-order chi connectivity index (χ0) is 14.8. The van der Waals surface area contributed by atoms with Gasteiger partial charge in [0.05, 0.1) is 0 Å². The summed E-state index contributed by atoms with van der Waals surface area (Å²) < 4.78 is 10.3. The number of hydrogen-bond donors (Lipinski definition) is 0. The van der Waals surface area contributed by atoms with Crippen LogP contribution in [0.25, 0.3) is 11.0 Å². The van der Waals surface area contributed by atoms with Crippen molar-refractivity contribution in [1.29, 1.82) is 0 Å². The van der Waals surface area contributed by atoms with Crippen LogP contribution in [-0.2, 0) is 25.8 Å². The number of fused-ring (bicyclic) bond motifs is 1. The van der Waals surface area contributed by atoms with E-state index in [-0.39, 0.29) is 19.4 Å². The first-order chi connectivity index (χ1) is 10.1. The summed E-state index contributed by atoms with van der Waals surface area (Å²) in [6.45, 7) is -0.149. The predicted octanol–water partition coefficient (Wildman–Crippen LogP) is 2.15. The van der Waals surface area contributed by atoms with Gasteiger partial charge in [0.1, 0.15) is 11.3 Å². The summed E-state index contributed by atoms with van der Waals surface area (Å²) in [5.74, 6) is -0.673. The molecular formula is C14H11NO6. The van der Waals surface area contributed by atoms with Crippen molar-refractivity contribution in [3.8, 4) is 0 Å². The lowest BCUT2D eigenvalue weighted by Gasteiger charge is -2.11. The highest BCUT2D eigenvalue weighted by molar-refractivity contribution is 6.01. The van der Waals surface area contributed by atoms with Crippen molar-refractivity contribution in [2.45, 2.75) is 19.4 Å². The molecule has 1 saturated heterocycles. The molecule has 2 amide bonds. The van der Waals surface area contributed by atoms with E-state index in [0.29, 0.717) is 16.4 Å². The van der Waals surface area contributed by atoms with Gasteiger partial charge in [0, 0.05) is 18.2 Å². The van der Waals surface area contributed by atoms with Crippen LogP contribution < -0.4 is 0 Å². The molecule has 2 heterocycles. The number of imide groups is 1. The highest BCUT2D eigenvalue weighted by Gasteiger charge is 2.33. The fourth-order valence-corrected chi connectivity index (χ4v) is 2.00. The quantitative estimate of drug-likeness (QED) is 0.635. The summed E-state index contributed by atoms with van der Waals surface area (Å²) in [6, 6.07) is 9.08. The molecule has 0 atom stereocenters. The smallest absolute Gasteiger partial charge is 0.457 e. The maximum atomic E-state index is 11.4. The van der Waals surface area contributed by atoms with E-state index in [1.807, 2.05) is 18.2 Å². The Kier molecular flexibility index (Phi) is 3.31. The molecule has 0 spiro atoms. The number of carbonyl (C=O) groups excluding carboxylic acids is 3. The van der Waals surface area contributed by atoms with E-state index in [1.165, 1.54) is 0 Å². The minimum Gasteiger partial charge on any atom is -0.457 e. The van der Waals surface area contributed by atoms with Crippen LogP contribution in [0.3, 0.4) is 0 Å². The molecule has 0 N–H and O–H groups in total. The Hall–Kier alpha value is -2.83. The van der Waals surface area contributed by atoms with E-state index in [1.54, 1.807) is 12.1 Å². The molecule has 1 aromatic heterocycles. The number of carbonyl (C=O) groups is 3. The molecule has 108 valence electrons. The summed E-state index contributed by atoms with van der Waals surface area (Å²) >= 11 is 0. The Morgan fingerprint density at radius 2 is 1.90 bits per heavy atom. The second kappa shape index (κ2) is 5.28. The number of ether oxygens (including phenoxy) is 1. The third-order valence-corrected chi connectivity index (χ3v) is 2.98. The molecule has 7 heteroatoms. The van der Waals surface area contributed by atoms with Crippen molar-refractivity contribution < 1.29 is 28.4 Å². The van der Waals surface area contributed by atoms with Gasteiger partial charge >= 0.3 is 6.16 Å². The van der Waals surface area contributed by atoms with Gasteiger partial charge in [-0.1, -0.05) is 23.3 Å². The topological polar surface area (TPSA) is 86.1 Å². The Morgan fingerprint density at radius 1 is 1.19 bits per heavy atom. The fraction of sp³-hybridized carbons (Fsp3) is 0.214. The Morgan fingerprint density at radius 3 is 2.62 bits per heavy atom. The van der Waals surface area contributed by atoms with Crippen LogP contribution in [0.5, 0.6) is 0 Å². The first kappa shape index (κ1) is 13.2. The van der Waals surface area contributed by atoms with Gasteiger partial charge in [0.15, 0.2) is 6.61 Å². The molecule has 0 saturated carbocycles. The standard InChI is InChI=1S/C14H11NO6/c16-12-5-6-13(17)15(12)21-14(18)19-8-10-7-9-3-1-2-4-11(9)20-10/h1-4,7H,5-6,8H2. The van der Waals surface area contributed by atoms with Crippen LogP contribution >= 0.6 is 0 Å². The van der Waals surface area contributed by atoms with Crippen molar-refractivity contribution in [1.82, 2.24) is 5.06 Å². The molecule has 0 aliphatic carbocycles. The predicted molar refractivity (Wildman–Crippen MR) is 68.6 cm³/mol. The summed E-state index contributed by atoms with van der Waals surface area (Å²) in [7, 11) is 0. The summed E-state index contributed by atoms with van der Waals surface area (Å²) in [5, 5.41) is 1.32. The Bertz CT molecular complexity index is 670. The van der Waals surface area contributed by atoms with Crippen LogP contribution in [-0.4, -0.2) is 23.0 Å². The number of benzene rings is 1. The lowest BCUT2D eigenvalue weighted by atomic mass is 10.2. The number of hydrogen-bond acceptors (Lipinski definition) is 6. The van der Waals surface area contributed by atoms with E-state index in [9.17, 15) is 14.4 Å². The van der Waals surface area contributed by atoms with Gasteiger partial charge in [0.25, 0.3) is 11.8 Å². The van der Waals surface area contributed by atoms with Gasteiger partial charge in [-0.2, -0.15) is 0 Å². The summed E-state index contributed by atoms with van der Waals surface area (Å²) in [5.41, 5.74) is 0.675. The van der Waals surface area contributed by atoms with E-state index < -0.39 is 18.0 Å². The Balaban J connectivity index is 1.58. The van der Waals surface area contributed by atoms with Crippen LogP contribution in [0, 0.1) is 0 Å². The molecule has 0 bridgehead atoms. The van der Waals surface area contributed by atoms with Crippen molar-refractivity contribution in [3.63, 3.8) is 0 Å². The number of furan rings is 1. The van der Waals surface area contributed by atoms with Crippen LogP contribution in [0.2, 0.25) is 0 Å². The fourth-order valence-electron chi connectivity index (χ4n) is 2.00. The highest BCUT2D eigenvalue weighted by atomic mass is 16.8. The normalized spacial score (nSPS) is 14.8. The minimum absolute atomic E-state index is 0.0374. The zero-order valence-corrected chi connectivity index (χ0v) is 10.9. The van der Waals surface area contributed by atoms with Gasteiger partial charge in [-0.15, -0.1) is 0 Å². The van der Waals surface area contributed by atoms with Crippen LogP contribution in [0.1, 0.15) is 18.6 Å². The number of para-hydroxylation sites is 1. The average Bonchev–Trinajstić information content (AvgIpc) is 3.03. The number of nitrogens with zero attached hydrogens (tertiary/aromatic N) is 1. The third kappa shape index (κ3) is 2.71. The van der Waals surface area contributed by atoms with E-state index in [4.69, 9.17) is 9.15 Å². The second-order valence-corrected chi connectivity index (χ2v) is 4.46. The molecule has 0 radical (unpaired) electrons. The first-order valence-corrected chi connectivity index (χ1v) is 6.31. The number of hydroxylamine groups is 2. The molecule has 7 nitrogen and oxygen atoms in total. The summed E-state index contributed by atoms with van der Waals surface area (Å²) in [4.78, 5) is 38.5. The molecule has 21 heavy (non-hydrogen) atoms. The SMILES string of the molecule is O=C(OCc1cc2ccccc2o1)ON1C(=O)CCC1=O. The van der Waals surface area contributed by atoms with Crippen molar-refractivity contribution >= 4 is 28.9 Å². The van der Waals surface area contributed by atoms with E-state index >= 15 is 0 Å². The molecule has 1 fully saturated rings. The zero-order valence-electron chi connectivity index (χ0n) is 10.9. The molecule has 1 aliphatic heterocycles. The number of amides is 2.